The van der Waals surface area contributed by atoms with Gasteiger partial charge in [-0.1, -0.05) is 18.2 Å². The highest BCUT2D eigenvalue weighted by atomic mass is 16.5. The summed E-state index contributed by atoms with van der Waals surface area (Å²) >= 11 is 0. The number of hydrogen-bond donors (Lipinski definition) is 3. The van der Waals surface area contributed by atoms with Crippen molar-refractivity contribution in [3.63, 3.8) is 0 Å². The van der Waals surface area contributed by atoms with Gasteiger partial charge in [-0.15, -0.1) is 0 Å². The lowest BCUT2D eigenvalue weighted by molar-refractivity contribution is 0.0706. The Morgan fingerprint density at radius 3 is 2.70 bits per heavy atom. The van der Waals surface area contributed by atoms with Crippen LogP contribution < -0.4 is 9.47 Å². The van der Waals surface area contributed by atoms with Gasteiger partial charge in [0.1, 0.15) is 17.1 Å². The molecule has 0 saturated carbocycles. The first-order valence-electron chi connectivity index (χ1n) is 9.69. The summed E-state index contributed by atoms with van der Waals surface area (Å²) < 4.78 is 11.1. The number of H-pyrrole nitrogens is 1. The van der Waals surface area contributed by atoms with E-state index in [0.29, 0.717) is 40.6 Å². The lowest BCUT2D eigenvalue weighted by Gasteiger charge is -2.26. The Labute approximate surface area is 173 Å². The number of carbonyl (C=O) groups is 1. The van der Waals surface area contributed by atoms with E-state index in [9.17, 15) is 15.0 Å². The number of aromatic amines is 1. The second-order valence-electron chi connectivity index (χ2n) is 6.85. The highest BCUT2D eigenvalue weighted by Crippen LogP contribution is 2.45. The van der Waals surface area contributed by atoms with Crippen LogP contribution in [0.1, 0.15) is 34.6 Å². The van der Waals surface area contributed by atoms with E-state index in [1.807, 2.05) is 19.1 Å². The highest BCUT2D eigenvalue weighted by Gasteiger charge is 2.42. The summed E-state index contributed by atoms with van der Waals surface area (Å²) in [6, 6.07) is 11.8. The number of methoxy groups -OCH3 is 1. The molecule has 0 aliphatic carbocycles. The molecule has 8 nitrogen and oxygen atoms in total. The third-order valence-corrected chi connectivity index (χ3v) is 5.17. The zero-order valence-electron chi connectivity index (χ0n) is 16.8. The number of aliphatic hydroxyl groups excluding tert-OH is 1. The van der Waals surface area contributed by atoms with Crippen molar-refractivity contribution < 1.29 is 24.5 Å². The fraction of sp³-hybridized carbons (Fsp3) is 0.273. The number of phenolic OH excluding ortho intramolecular Hbond substituents is 1. The van der Waals surface area contributed by atoms with Gasteiger partial charge in [-0.2, -0.15) is 5.10 Å². The van der Waals surface area contributed by atoms with Crippen LogP contribution in [0.4, 0.5) is 0 Å². The molecule has 3 aromatic rings. The van der Waals surface area contributed by atoms with E-state index in [2.05, 4.69) is 10.2 Å². The zero-order valence-corrected chi connectivity index (χ0v) is 16.8. The Hall–Kier alpha value is -3.52. The zero-order chi connectivity index (χ0) is 21.3. The van der Waals surface area contributed by atoms with Crippen molar-refractivity contribution in [1.29, 1.82) is 0 Å². The van der Waals surface area contributed by atoms with Gasteiger partial charge in [0, 0.05) is 17.7 Å². The molecule has 0 fully saturated rings. The summed E-state index contributed by atoms with van der Waals surface area (Å²) in [6.07, 6.45) is 0. The fourth-order valence-corrected chi connectivity index (χ4v) is 3.89. The summed E-state index contributed by atoms with van der Waals surface area (Å²) in [5.41, 5.74) is 2.81. The summed E-state index contributed by atoms with van der Waals surface area (Å²) in [4.78, 5) is 14.6. The van der Waals surface area contributed by atoms with Crippen molar-refractivity contribution in [3.8, 4) is 28.5 Å². The molecule has 156 valence electrons. The molecule has 30 heavy (non-hydrogen) atoms. The normalized spacial score (nSPS) is 15.4. The van der Waals surface area contributed by atoms with Crippen molar-refractivity contribution in [3.05, 3.63) is 59.3 Å². The van der Waals surface area contributed by atoms with E-state index in [-0.39, 0.29) is 24.8 Å². The first-order chi connectivity index (χ1) is 14.6. The third kappa shape index (κ3) is 3.15. The van der Waals surface area contributed by atoms with E-state index < -0.39 is 6.04 Å². The number of β-amino-alcohol motifs (C(OH)–C–C–N with tert-alkyl or cyclic N) is 1. The summed E-state index contributed by atoms with van der Waals surface area (Å²) in [5, 5.41) is 27.1. The number of aliphatic hydroxyl groups is 1. The number of phenols is 1. The van der Waals surface area contributed by atoms with Crippen LogP contribution >= 0.6 is 0 Å². The van der Waals surface area contributed by atoms with Crippen LogP contribution in [-0.4, -0.2) is 58.1 Å². The molecule has 1 amide bonds. The number of benzene rings is 2. The Kier molecular flexibility index (Phi) is 5.33. The maximum absolute atomic E-state index is 13.0. The van der Waals surface area contributed by atoms with Crippen molar-refractivity contribution >= 4 is 5.91 Å². The second-order valence-corrected chi connectivity index (χ2v) is 6.85. The number of nitrogens with zero attached hydrogens (tertiary/aromatic N) is 2. The van der Waals surface area contributed by atoms with Gasteiger partial charge in [0.15, 0.2) is 11.5 Å². The number of carbonyl (C=O) groups excluding carboxylic acids is 1. The molecule has 0 bridgehead atoms. The van der Waals surface area contributed by atoms with E-state index in [1.54, 1.807) is 42.3 Å². The first kappa shape index (κ1) is 19.8. The summed E-state index contributed by atoms with van der Waals surface area (Å²) in [6.45, 7) is 2.36. The molecule has 0 unspecified atom stereocenters. The summed E-state index contributed by atoms with van der Waals surface area (Å²) in [7, 11) is 1.56. The minimum absolute atomic E-state index is 0.0721. The average molecular weight is 409 g/mol. The van der Waals surface area contributed by atoms with Gasteiger partial charge in [0.05, 0.1) is 26.4 Å². The largest absolute Gasteiger partial charge is 0.507 e. The number of amides is 1. The van der Waals surface area contributed by atoms with E-state index in [4.69, 9.17) is 9.47 Å². The standard InChI is InChI=1S/C22H23N3O5/c1-3-30-16-9-8-13(12-17(16)29-2)21-18-19(14-6-4-5-7-15(14)27)23-24-20(18)22(28)25(21)10-11-26/h4-9,12,21,26-27H,3,10-11H2,1-2H3,(H,23,24)/t21-/m1/s1. The van der Waals surface area contributed by atoms with Crippen molar-refractivity contribution in [1.82, 2.24) is 15.1 Å². The predicted molar refractivity (Wildman–Crippen MR) is 110 cm³/mol. The minimum atomic E-state index is -0.502. The SMILES string of the molecule is CCOc1ccc([C@@H]2c3c(-c4ccccc4O)n[nH]c3C(=O)N2CCO)cc1OC. The van der Waals surface area contributed by atoms with Crippen LogP contribution in [0, 0.1) is 0 Å². The molecular formula is C22H23N3O5. The molecular weight excluding hydrogens is 386 g/mol. The monoisotopic (exact) mass is 409 g/mol. The third-order valence-electron chi connectivity index (χ3n) is 5.17. The molecule has 1 aliphatic rings. The Bertz CT molecular complexity index is 1080. The molecule has 2 heterocycles. The Balaban J connectivity index is 1.88. The molecule has 1 atom stereocenters. The first-order valence-corrected chi connectivity index (χ1v) is 9.69. The molecule has 3 N–H and O–H groups in total. The molecule has 8 heteroatoms. The highest BCUT2D eigenvalue weighted by molar-refractivity contribution is 6.00. The number of aromatic nitrogens is 2. The number of para-hydroxylation sites is 1. The van der Waals surface area contributed by atoms with Crippen LogP contribution in [0.2, 0.25) is 0 Å². The van der Waals surface area contributed by atoms with Gasteiger partial charge in [0.25, 0.3) is 5.91 Å². The lowest BCUT2D eigenvalue weighted by Crippen LogP contribution is -2.32. The van der Waals surface area contributed by atoms with Crippen molar-refractivity contribution in [2.75, 3.05) is 26.9 Å². The van der Waals surface area contributed by atoms with E-state index >= 15 is 0 Å². The van der Waals surface area contributed by atoms with Gasteiger partial charge in [-0.05, 0) is 36.8 Å². The number of hydrogen-bond acceptors (Lipinski definition) is 6. The van der Waals surface area contributed by atoms with Crippen LogP contribution in [0.5, 0.6) is 17.2 Å². The smallest absolute Gasteiger partial charge is 0.273 e. The molecule has 0 spiro atoms. The molecule has 1 aromatic heterocycles. The number of rotatable bonds is 7. The van der Waals surface area contributed by atoms with E-state index in [1.165, 1.54) is 0 Å². The van der Waals surface area contributed by atoms with Crippen molar-refractivity contribution in [2.45, 2.75) is 13.0 Å². The molecule has 0 saturated heterocycles. The maximum atomic E-state index is 13.0. The topological polar surface area (TPSA) is 108 Å². The summed E-state index contributed by atoms with van der Waals surface area (Å²) in [5.74, 6) is 0.968. The molecule has 4 rings (SSSR count). The van der Waals surface area contributed by atoms with Gasteiger partial charge < -0.3 is 24.6 Å². The maximum Gasteiger partial charge on any atom is 0.273 e. The fourth-order valence-electron chi connectivity index (χ4n) is 3.89. The molecule has 0 radical (unpaired) electrons. The predicted octanol–water partition coefficient (Wildman–Crippen LogP) is 2.73. The van der Waals surface area contributed by atoms with Crippen LogP contribution in [0.15, 0.2) is 42.5 Å². The lowest BCUT2D eigenvalue weighted by atomic mass is 9.95. The van der Waals surface area contributed by atoms with Crippen LogP contribution in [-0.2, 0) is 0 Å². The number of fused-ring (bicyclic) bond motifs is 1. The molecule has 2 aromatic carbocycles. The van der Waals surface area contributed by atoms with Crippen molar-refractivity contribution in [2.24, 2.45) is 0 Å². The van der Waals surface area contributed by atoms with Crippen LogP contribution in [0.3, 0.4) is 0 Å². The van der Waals surface area contributed by atoms with Crippen LogP contribution in [0.25, 0.3) is 11.3 Å². The number of ether oxygens (including phenoxy) is 2. The minimum Gasteiger partial charge on any atom is -0.507 e. The van der Waals surface area contributed by atoms with Gasteiger partial charge >= 0.3 is 0 Å². The van der Waals surface area contributed by atoms with Gasteiger partial charge in [0.2, 0.25) is 0 Å². The Morgan fingerprint density at radius 1 is 1.20 bits per heavy atom. The van der Waals surface area contributed by atoms with Gasteiger partial charge in [-0.3, -0.25) is 9.89 Å². The Morgan fingerprint density at radius 2 is 2.00 bits per heavy atom. The average Bonchev–Trinajstić information content (AvgIpc) is 3.29. The molecule has 1 aliphatic heterocycles. The second kappa shape index (κ2) is 8.08. The number of nitrogens with one attached hydrogen (secondary N) is 1. The number of aromatic hydroxyl groups is 1. The quantitative estimate of drug-likeness (QED) is 0.554. The van der Waals surface area contributed by atoms with E-state index in [0.717, 1.165) is 5.56 Å². The van der Waals surface area contributed by atoms with Gasteiger partial charge in [-0.25, -0.2) is 0 Å².